The number of benzene rings is 2. The highest BCUT2D eigenvalue weighted by Gasteiger charge is 2.17. The van der Waals surface area contributed by atoms with E-state index >= 15 is 0 Å². The van der Waals surface area contributed by atoms with Gasteiger partial charge in [-0.25, -0.2) is 4.68 Å². The molecular weight excluding hydrogens is 356 g/mol. The molecule has 8 heteroatoms. The average Bonchev–Trinajstić information content (AvgIpc) is 3.04. The van der Waals surface area contributed by atoms with Crippen molar-refractivity contribution < 1.29 is 14.7 Å². The number of rotatable bonds is 4. The van der Waals surface area contributed by atoms with E-state index in [9.17, 15) is 14.7 Å². The Labute approximate surface area is 154 Å². The number of nitrogens with one attached hydrogen (secondary N) is 2. The van der Waals surface area contributed by atoms with Crippen molar-refractivity contribution >= 4 is 23.4 Å². The number of halogens is 1. The van der Waals surface area contributed by atoms with Crippen molar-refractivity contribution in [2.45, 2.75) is 6.42 Å². The maximum atomic E-state index is 12.1. The Hall–Kier alpha value is -3.32. The average molecular weight is 371 g/mol. The van der Waals surface area contributed by atoms with Crippen LogP contribution in [0.15, 0.2) is 60.8 Å². The van der Waals surface area contributed by atoms with E-state index < -0.39 is 11.8 Å². The molecule has 3 N–H and O–H groups in total. The molecule has 0 atom stereocenters. The number of carbonyl (C=O) groups excluding carboxylic acids is 2. The van der Waals surface area contributed by atoms with Crippen molar-refractivity contribution in [2.24, 2.45) is 0 Å². The van der Waals surface area contributed by atoms with Crippen molar-refractivity contribution in [3.63, 3.8) is 0 Å². The van der Waals surface area contributed by atoms with Gasteiger partial charge in [-0.05, 0) is 29.8 Å². The standard InChI is InChI=1S/C18H15ClN4O3/c19-13-8-6-12(7-9-13)10-16(25)20-21-18(26)17-15(24)11-23(22-17)14-4-2-1-3-5-14/h1-9,11,24H,10H2,(H,20,25)(H,21,26). The molecule has 0 aliphatic heterocycles. The van der Waals surface area contributed by atoms with E-state index in [1.54, 1.807) is 36.4 Å². The van der Waals surface area contributed by atoms with Crippen LogP contribution >= 0.6 is 11.6 Å². The molecule has 26 heavy (non-hydrogen) atoms. The van der Waals surface area contributed by atoms with Crippen molar-refractivity contribution in [1.82, 2.24) is 20.6 Å². The minimum Gasteiger partial charge on any atom is -0.504 e. The van der Waals surface area contributed by atoms with Gasteiger partial charge in [0.2, 0.25) is 5.91 Å². The van der Waals surface area contributed by atoms with Gasteiger partial charge in [0.25, 0.3) is 5.91 Å². The van der Waals surface area contributed by atoms with E-state index in [1.807, 2.05) is 18.2 Å². The number of hydrogen-bond acceptors (Lipinski definition) is 4. The third-order valence-electron chi connectivity index (χ3n) is 3.52. The van der Waals surface area contributed by atoms with Crippen molar-refractivity contribution in [2.75, 3.05) is 0 Å². The van der Waals surface area contributed by atoms with Crippen LogP contribution in [0.1, 0.15) is 16.1 Å². The summed E-state index contributed by atoms with van der Waals surface area (Å²) < 4.78 is 1.37. The minimum atomic E-state index is -0.721. The number of hydrazine groups is 1. The molecule has 0 aliphatic carbocycles. The van der Waals surface area contributed by atoms with Gasteiger partial charge >= 0.3 is 0 Å². The van der Waals surface area contributed by atoms with Gasteiger partial charge in [-0.2, -0.15) is 5.10 Å². The molecule has 132 valence electrons. The number of aromatic hydroxyl groups is 1. The number of carbonyl (C=O) groups is 2. The normalized spacial score (nSPS) is 10.3. The molecule has 0 saturated carbocycles. The Morgan fingerprint density at radius 1 is 1.04 bits per heavy atom. The topological polar surface area (TPSA) is 96.3 Å². The second-order valence-corrected chi connectivity index (χ2v) is 5.89. The molecule has 2 aromatic carbocycles. The van der Waals surface area contributed by atoms with Gasteiger partial charge in [0, 0.05) is 5.02 Å². The molecule has 0 aliphatic rings. The summed E-state index contributed by atoms with van der Waals surface area (Å²) in [6.45, 7) is 0. The summed E-state index contributed by atoms with van der Waals surface area (Å²) in [5, 5.41) is 14.5. The highest BCUT2D eigenvalue weighted by atomic mass is 35.5. The first-order valence-corrected chi connectivity index (χ1v) is 8.08. The summed E-state index contributed by atoms with van der Waals surface area (Å²) in [4.78, 5) is 24.0. The Balaban J connectivity index is 1.60. The second-order valence-electron chi connectivity index (χ2n) is 5.45. The van der Waals surface area contributed by atoms with Gasteiger partial charge in [0.1, 0.15) is 0 Å². The van der Waals surface area contributed by atoms with Gasteiger partial charge in [-0.1, -0.05) is 41.9 Å². The highest BCUT2D eigenvalue weighted by molar-refractivity contribution is 6.30. The monoisotopic (exact) mass is 370 g/mol. The van der Waals surface area contributed by atoms with Crippen LogP contribution in [0.2, 0.25) is 5.02 Å². The molecule has 7 nitrogen and oxygen atoms in total. The molecule has 0 saturated heterocycles. The zero-order valence-electron chi connectivity index (χ0n) is 13.5. The Bertz CT molecular complexity index is 923. The molecule has 0 radical (unpaired) electrons. The second kappa shape index (κ2) is 7.71. The first-order valence-electron chi connectivity index (χ1n) is 7.70. The van der Waals surface area contributed by atoms with Gasteiger partial charge < -0.3 is 5.11 Å². The molecule has 3 aromatic rings. The predicted molar refractivity (Wildman–Crippen MR) is 96.0 cm³/mol. The summed E-state index contributed by atoms with van der Waals surface area (Å²) >= 11 is 5.79. The Morgan fingerprint density at radius 3 is 2.42 bits per heavy atom. The SMILES string of the molecule is O=C(Cc1ccc(Cl)cc1)NNC(=O)c1nn(-c2ccccc2)cc1O. The quantitative estimate of drug-likeness (QED) is 0.613. The van der Waals surface area contributed by atoms with Crippen LogP contribution in [0.4, 0.5) is 0 Å². The molecule has 1 aromatic heterocycles. The smallest absolute Gasteiger partial charge is 0.294 e. The largest absolute Gasteiger partial charge is 0.504 e. The van der Waals surface area contributed by atoms with E-state index in [4.69, 9.17) is 11.6 Å². The van der Waals surface area contributed by atoms with E-state index in [-0.39, 0.29) is 17.9 Å². The van der Waals surface area contributed by atoms with Crippen LogP contribution in [0.3, 0.4) is 0 Å². The molecule has 0 bridgehead atoms. The lowest BCUT2D eigenvalue weighted by atomic mass is 10.1. The highest BCUT2D eigenvalue weighted by Crippen LogP contribution is 2.17. The van der Waals surface area contributed by atoms with Crippen molar-refractivity contribution in [3.8, 4) is 11.4 Å². The number of nitrogens with zero attached hydrogens (tertiary/aromatic N) is 2. The molecule has 0 fully saturated rings. The van der Waals surface area contributed by atoms with Crippen LogP contribution < -0.4 is 10.9 Å². The molecule has 0 unspecified atom stereocenters. The zero-order valence-corrected chi connectivity index (χ0v) is 14.3. The first kappa shape index (κ1) is 17.5. The molecule has 1 heterocycles. The third kappa shape index (κ3) is 4.20. The van der Waals surface area contributed by atoms with Gasteiger partial charge in [0.05, 0.1) is 18.3 Å². The van der Waals surface area contributed by atoms with E-state index in [2.05, 4.69) is 16.0 Å². The van der Waals surface area contributed by atoms with Crippen LogP contribution in [-0.2, 0) is 11.2 Å². The number of amides is 2. The van der Waals surface area contributed by atoms with Gasteiger partial charge in [0.15, 0.2) is 11.4 Å². The molecule has 3 rings (SSSR count). The summed E-state index contributed by atoms with van der Waals surface area (Å²) in [5.74, 6) is -1.43. The lowest BCUT2D eigenvalue weighted by molar-refractivity contribution is -0.121. The van der Waals surface area contributed by atoms with Crippen LogP contribution in [0.25, 0.3) is 5.69 Å². The number of para-hydroxylation sites is 1. The Morgan fingerprint density at radius 2 is 1.73 bits per heavy atom. The zero-order chi connectivity index (χ0) is 18.5. The predicted octanol–water partition coefficient (Wildman–Crippen LogP) is 2.24. The van der Waals surface area contributed by atoms with E-state index in [1.165, 1.54) is 10.9 Å². The maximum Gasteiger partial charge on any atom is 0.294 e. The summed E-state index contributed by atoms with van der Waals surface area (Å²) in [6, 6.07) is 15.8. The molecule has 2 amide bonds. The fourth-order valence-corrected chi connectivity index (χ4v) is 2.38. The summed E-state index contributed by atoms with van der Waals surface area (Å²) in [5.41, 5.74) is 5.77. The fraction of sp³-hybridized carbons (Fsp3) is 0.0556. The molecule has 0 spiro atoms. The Kier molecular flexibility index (Phi) is 5.19. The van der Waals surface area contributed by atoms with Crippen LogP contribution in [0, 0.1) is 0 Å². The van der Waals surface area contributed by atoms with Crippen molar-refractivity contribution in [1.29, 1.82) is 0 Å². The third-order valence-corrected chi connectivity index (χ3v) is 3.78. The van der Waals surface area contributed by atoms with Crippen molar-refractivity contribution in [3.05, 3.63) is 77.1 Å². The van der Waals surface area contributed by atoms with Gasteiger partial charge in [-0.3, -0.25) is 20.4 Å². The fourth-order valence-electron chi connectivity index (χ4n) is 2.26. The first-order chi connectivity index (χ1) is 12.5. The van der Waals surface area contributed by atoms with Gasteiger partial charge in [-0.15, -0.1) is 0 Å². The summed E-state index contributed by atoms with van der Waals surface area (Å²) in [6.07, 6.45) is 1.39. The maximum absolute atomic E-state index is 12.1. The van der Waals surface area contributed by atoms with E-state index in [0.717, 1.165) is 5.56 Å². The lowest BCUT2D eigenvalue weighted by Crippen LogP contribution is -2.42. The summed E-state index contributed by atoms with van der Waals surface area (Å²) in [7, 11) is 0. The lowest BCUT2D eigenvalue weighted by Gasteiger charge is -2.06. The minimum absolute atomic E-state index is 0.0713. The van der Waals surface area contributed by atoms with Crippen LogP contribution in [-0.4, -0.2) is 26.7 Å². The van der Waals surface area contributed by atoms with E-state index in [0.29, 0.717) is 10.7 Å². The molecular formula is C18H15ClN4O3. The van der Waals surface area contributed by atoms with Crippen LogP contribution in [0.5, 0.6) is 5.75 Å². The number of hydrogen-bond donors (Lipinski definition) is 3. The number of aromatic nitrogens is 2.